The molecule has 134 valence electrons. The number of hydrogen-bond acceptors (Lipinski definition) is 3. The molecule has 26 heavy (non-hydrogen) atoms. The van der Waals surface area contributed by atoms with Crippen molar-refractivity contribution < 1.29 is 9.53 Å². The summed E-state index contributed by atoms with van der Waals surface area (Å²) < 4.78 is 7.10. The molecule has 1 amide bonds. The van der Waals surface area contributed by atoms with Gasteiger partial charge in [-0.1, -0.05) is 24.3 Å². The summed E-state index contributed by atoms with van der Waals surface area (Å²) in [6, 6.07) is 17.4. The Morgan fingerprint density at radius 1 is 1.04 bits per heavy atom. The number of ether oxygens (including phenoxy) is 1. The van der Waals surface area contributed by atoms with Gasteiger partial charge in [-0.3, -0.25) is 9.48 Å². The zero-order valence-electron chi connectivity index (χ0n) is 15.3. The molecule has 0 radical (unpaired) electrons. The molecular weight excluding hydrogens is 326 g/mol. The fourth-order valence-corrected chi connectivity index (χ4v) is 2.80. The minimum Gasteiger partial charge on any atom is -0.497 e. The molecular formula is C21H23N3O2. The van der Waals surface area contributed by atoms with Crippen molar-refractivity contribution in [3.8, 4) is 5.75 Å². The van der Waals surface area contributed by atoms with Crippen LogP contribution in [-0.2, 0) is 13.1 Å². The molecule has 0 aliphatic heterocycles. The summed E-state index contributed by atoms with van der Waals surface area (Å²) in [5, 5.41) is 7.40. The Labute approximate surface area is 153 Å². The summed E-state index contributed by atoms with van der Waals surface area (Å²) in [5.41, 5.74) is 4.93. The second-order valence-electron chi connectivity index (χ2n) is 6.31. The van der Waals surface area contributed by atoms with E-state index in [-0.39, 0.29) is 5.91 Å². The van der Waals surface area contributed by atoms with Crippen LogP contribution in [0.25, 0.3) is 0 Å². The van der Waals surface area contributed by atoms with Crippen molar-refractivity contribution >= 4 is 5.91 Å². The van der Waals surface area contributed by atoms with Gasteiger partial charge in [-0.05, 0) is 55.3 Å². The van der Waals surface area contributed by atoms with Crippen LogP contribution in [0.15, 0.2) is 54.6 Å². The normalized spacial score (nSPS) is 10.6. The van der Waals surface area contributed by atoms with Crippen molar-refractivity contribution in [1.82, 2.24) is 15.1 Å². The van der Waals surface area contributed by atoms with Crippen LogP contribution in [0.4, 0.5) is 0 Å². The standard InChI is InChI=1S/C21H23N3O2/c1-15-12-16(2)24(23-15)14-18-4-8-19(9-5-18)21(25)22-13-17-6-10-20(26-3)11-7-17/h4-12H,13-14H2,1-3H3,(H,22,25). The molecule has 0 atom stereocenters. The highest BCUT2D eigenvalue weighted by atomic mass is 16.5. The second kappa shape index (κ2) is 7.87. The van der Waals surface area contributed by atoms with E-state index < -0.39 is 0 Å². The lowest BCUT2D eigenvalue weighted by Gasteiger charge is -2.08. The van der Waals surface area contributed by atoms with Crippen molar-refractivity contribution in [1.29, 1.82) is 0 Å². The van der Waals surface area contributed by atoms with Crippen LogP contribution in [0, 0.1) is 13.8 Å². The maximum Gasteiger partial charge on any atom is 0.251 e. The summed E-state index contributed by atoms with van der Waals surface area (Å²) in [6.07, 6.45) is 0. The van der Waals surface area contributed by atoms with E-state index in [9.17, 15) is 4.79 Å². The molecule has 2 aromatic carbocycles. The average molecular weight is 349 g/mol. The van der Waals surface area contributed by atoms with Gasteiger partial charge in [-0.25, -0.2) is 0 Å². The number of amides is 1. The number of rotatable bonds is 6. The maximum atomic E-state index is 12.3. The third-order valence-corrected chi connectivity index (χ3v) is 4.26. The van der Waals surface area contributed by atoms with Crippen molar-refractivity contribution in [2.45, 2.75) is 26.9 Å². The Kier molecular flexibility index (Phi) is 5.37. The van der Waals surface area contributed by atoms with E-state index >= 15 is 0 Å². The van der Waals surface area contributed by atoms with Crippen LogP contribution in [0.3, 0.4) is 0 Å². The Morgan fingerprint density at radius 3 is 2.27 bits per heavy atom. The van der Waals surface area contributed by atoms with Gasteiger partial charge < -0.3 is 10.1 Å². The van der Waals surface area contributed by atoms with Crippen LogP contribution in [0.5, 0.6) is 5.75 Å². The molecule has 1 aromatic heterocycles. The lowest BCUT2D eigenvalue weighted by atomic mass is 10.1. The number of carbonyl (C=O) groups is 1. The molecule has 5 heteroatoms. The van der Waals surface area contributed by atoms with Gasteiger partial charge >= 0.3 is 0 Å². The smallest absolute Gasteiger partial charge is 0.251 e. The fraction of sp³-hybridized carbons (Fsp3) is 0.238. The minimum absolute atomic E-state index is 0.0847. The Bertz CT molecular complexity index is 881. The van der Waals surface area contributed by atoms with Gasteiger partial charge in [0.2, 0.25) is 0 Å². The highest BCUT2D eigenvalue weighted by molar-refractivity contribution is 5.94. The van der Waals surface area contributed by atoms with Gasteiger partial charge in [0.05, 0.1) is 19.3 Å². The third kappa shape index (κ3) is 4.30. The van der Waals surface area contributed by atoms with Gasteiger partial charge in [0, 0.05) is 17.8 Å². The van der Waals surface area contributed by atoms with Crippen LogP contribution < -0.4 is 10.1 Å². The van der Waals surface area contributed by atoms with Gasteiger partial charge in [0.1, 0.15) is 5.75 Å². The summed E-state index contributed by atoms with van der Waals surface area (Å²) in [7, 11) is 1.63. The molecule has 3 aromatic rings. The van der Waals surface area contributed by atoms with Crippen molar-refractivity contribution in [3.63, 3.8) is 0 Å². The predicted octanol–water partition coefficient (Wildman–Crippen LogP) is 3.49. The van der Waals surface area contributed by atoms with E-state index in [1.165, 1.54) is 0 Å². The molecule has 0 unspecified atom stereocenters. The van der Waals surface area contributed by atoms with Crippen molar-refractivity contribution in [2.75, 3.05) is 7.11 Å². The van der Waals surface area contributed by atoms with Gasteiger partial charge in [0.15, 0.2) is 0 Å². The molecule has 5 nitrogen and oxygen atoms in total. The first kappa shape index (κ1) is 17.7. The van der Waals surface area contributed by atoms with Crippen LogP contribution >= 0.6 is 0 Å². The first-order chi connectivity index (χ1) is 12.5. The van der Waals surface area contributed by atoms with E-state index in [0.717, 1.165) is 28.3 Å². The molecule has 0 fully saturated rings. The number of methoxy groups -OCH3 is 1. The van der Waals surface area contributed by atoms with Crippen LogP contribution in [-0.4, -0.2) is 22.8 Å². The summed E-state index contributed by atoms with van der Waals surface area (Å²) in [5.74, 6) is 0.719. The van der Waals surface area contributed by atoms with E-state index in [1.54, 1.807) is 7.11 Å². The number of benzene rings is 2. The minimum atomic E-state index is -0.0847. The molecule has 0 spiro atoms. The second-order valence-corrected chi connectivity index (χ2v) is 6.31. The number of hydrogen-bond donors (Lipinski definition) is 1. The zero-order chi connectivity index (χ0) is 18.5. The van der Waals surface area contributed by atoms with Gasteiger partial charge in [-0.2, -0.15) is 5.10 Å². The van der Waals surface area contributed by atoms with E-state index in [4.69, 9.17) is 4.74 Å². The highest BCUT2D eigenvalue weighted by Gasteiger charge is 2.07. The molecule has 0 saturated heterocycles. The third-order valence-electron chi connectivity index (χ3n) is 4.26. The van der Waals surface area contributed by atoms with Gasteiger partial charge in [-0.15, -0.1) is 0 Å². The quantitative estimate of drug-likeness (QED) is 0.741. The summed E-state index contributed by atoms with van der Waals surface area (Å²) >= 11 is 0. The van der Waals surface area contributed by atoms with Crippen LogP contribution in [0.1, 0.15) is 32.9 Å². The average Bonchev–Trinajstić information content (AvgIpc) is 2.97. The Morgan fingerprint density at radius 2 is 1.69 bits per heavy atom. The molecule has 3 rings (SSSR count). The lowest BCUT2D eigenvalue weighted by molar-refractivity contribution is 0.0951. The molecule has 0 saturated carbocycles. The lowest BCUT2D eigenvalue weighted by Crippen LogP contribution is -2.22. The van der Waals surface area contributed by atoms with Crippen molar-refractivity contribution in [3.05, 3.63) is 82.7 Å². The molecule has 0 bridgehead atoms. The largest absolute Gasteiger partial charge is 0.497 e. The number of carbonyl (C=O) groups excluding carboxylic acids is 1. The van der Waals surface area contributed by atoms with Crippen molar-refractivity contribution in [2.24, 2.45) is 0 Å². The molecule has 0 aliphatic carbocycles. The SMILES string of the molecule is COc1ccc(CNC(=O)c2ccc(Cn3nc(C)cc3C)cc2)cc1. The topological polar surface area (TPSA) is 56.1 Å². The number of nitrogens with zero attached hydrogens (tertiary/aromatic N) is 2. The van der Waals surface area contributed by atoms with Crippen LogP contribution in [0.2, 0.25) is 0 Å². The number of nitrogens with one attached hydrogen (secondary N) is 1. The summed E-state index contributed by atoms with van der Waals surface area (Å²) in [4.78, 5) is 12.3. The zero-order valence-corrected chi connectivity index (χ0v) is 15.3. The molecule has 1 N–H and O–H groups in total. The first-order valence-corrected chi connectivity index (χ1v) is 8.56. The number of aromatic nitrogens is 2. The Hall–Kier alpha value is -3.08. The van der Waals surface area contributed by atoms with Gasteiger partial charge in [0.25, 0.3) is 5.91 Å². The number of aryl methyl sites for hydroxylation is 2. The molecule has 0 aliphatic rings. The Balaban J connectivity index is 1.58. The first-order valence-electron chi connectivity index (χ1n) is 8.56. The van der Waals surface area contributed by atoms with E-state index in [1.807, 2.05) is 67.1 Å². The van der Waals surface area contributed by atoms with E-state index in [0.29, 0.717) is 18.7 Å². The monoisotopic (exact) mass is 349 g/mol. The molecule has 1 heterocycles. The maximum absolute atomic E-state index is 12.3. The fourth-order valence-electron chi connectivity index (χ4n) is 2.80. The highest BCUT2D eigenvalue weighted by Crippen LogP contribution is 2.12. The van der Waals surface area contributed by atoms with E-state index in [2.05, 4.69) is 16.5 Å². The summed E-state index contributed by atoms with van der Waals surface area (Å²) in [6.45, 7) is 5.21. The predicted molar refractivity (Wildman–Crippen MR) is 101 cm³/mol.